The van der Waals surface area contributed by atoms with Crippen LogP contribution in [0, 0.1) is 6.92 Å². The maximum Gasteiger partial charge on any atom is 0.335 e. The predicted molar refractivity (Wildman–Crippen MR) is 136 cm³/mol. The molecule has 5 N–H and O–H groups in total. The number of rotatable bonds is 7. The first-order chi connectivity index (χ1) is 18.7. The van der Waals surface area contributed by atoms with Crippen molar-refractivity contribution in [3.8, 4) is 11.6 Å². The smallest absolute Gasteiger partial charge is 0.335 e. The van der Waals surface area contributed by atoms with Crippen molar-refractivity contribution in [1.82, 2.24) is 25.0 Å². The molecule has 0 bridgehead atoms. The molecule has 0 aliphatic carbocycles. The third-order valence-corrected chi connectivity index (χ3v) is 6.00. The predicted octanol–water partition coefficient (Wildman–Crippen LogP) is 1.63. The minimum absolute atomic E-state index is 0.00506. The molecule has 0 spiro atoms. The topological polar surface area (TPSA) is 184 Å². The molecule has 0 atom stereocenters. The zero-order chi connectivity index (χ0) is 27.7. The lowest BCUT2D eigenvalue weighted by molar-refractivity contribution is -0.118. The number of hydrogen-bond acceptors (Lipinski definition) is 8. The molecule has 0 radical (unpaired) electrons. The second kappa shape index (κ2) is 10.1. The molecule has 0 saturated heterocycles. The number of anilines is 1. The standard InChI is InChI=1S/C26H22N6O7/c1-13-6-14(2-4-16(13)25(37)38)9-28-24(36)19-8-18(30-26-31-21(33)11-32(19)26)23(35)27-10-15-3-5-20-17(7-15)29-22(34)12-39-20/h2-8,11,33H,9-10,12H2,1H3,(H,27,35)(H,28,36)(H,29,34)(H,37,38). The Balaban J connectivity index is 1.33. The normalized spacial score (nSPS) is 12.3. The van der Waals surface area contributed by atoms with Crippen LogP contribution in [0.15, 0.2) is 48.7 Å². The summed E-state index contributed by atoms with van der Waals surface area (Å²) in [5.41, 5.74) is 2.48. The largest absolute Gasteiger partial charge is 0.492 e. The number of aromatic hydroxyl groups is 1. The van der Waals surface area contributed by atoms with Gasteiger partial charge in [0.05, 0.1) is 17.4 Å². The van der Waals surface area contributed by atoms with Crippen LogP contribution in [0.1, 0.15) is 48.0 Å². The van der Waals surface area contributed by atoms with Gasteiger partial charge in [-0.2, -0.15) is 4.98 Å². The molecule has 1 aliphatic heterocycles. The van der Waals surface area contributed by atoms with Gasteiger partial charge in [0.1, 0.15) is 17.1 Å². The number of aryl methyl sites for hydroxylation is 1. The van der Waals surface area contributed by atoms with Crippen LogP contribution in [-0.2, 0) is 17.9 Å². The Morgan fingerprint density at radius 3 is 2.49 bits per heavy atom. The lowest BCUT2D eigenvalue weighted by Crippen LogP contribution is -2.28. The Bertz CT molecular complexity index is 1660. The molecule has 3 heterocycles. The summed E-state index contributed by atoms with van der Waals surface area (Å²) in [7, 11) is 0. The van der Waals surface area contributed by atoms with Crippen molar-refractivity contribution in [2.24, 2.45) is 0 Å². The lowest BCUT2D eigenvalue weighted by atomic mass is 10.1. The van der Waals surface area contributed by atoms with Crippen molar-refractivity contribution in [2.75, 3.05) is 11.9 Å². The van der Waals surface area contributed by atoms with E-state index in [1.165, 1.54) is 22.7 Å². The van der Waals surface area contributed by atoms with Gasteiger partial charge < -0.3 is 30.9 Å². The molecule has 0 fully saturated rings. The van der Waals surface area contributed by atoms with E-state index in [2.05, 4.69) is 25.9 Å². The van der Waals surface area contributed by atoms with Crippen molar-refractivity contribution in [3.63, 3.8) is 0 Å². The van der Waals surface area contributed by atoms with E-state index in [-0.39, 0.29) is 54.2 Å². The number of ether oxygens (including phenoxy) is 1. The van der Waals surface area contributed by atoms with Gasteiger partial charge in [0.2, 0.25) is 11.7 Å². The molecule has 2 aromatic carbocycles. The average molecular weight is 530 g/mol. The van der Waals surface area contributed by atoms with Crippen molar-refractivity contribution in [2.45, 2.75) is 20.0 Å². The fourth-order valence-corrected chi connectivity index (χ4v) is 4.11. The Labute approximate surface area is 220 Å². The molecule has 13 heteroatoms. The zero-order valence-electron chi connectivity index (χ0n) is 20.5. The number of amides is 3. The van der Waals surface area contributed by atoms with Crippen LogP contribution in [0.5, 0.6) is 11.6 Å². The van der Waals surface area contributed by atoms with Crippen LogP contribution < -0.4 is 20.7 Å². The molecule has 1 aliphatic rings. The number of nitrogens with zero attached hydrogens (tertiary/aromatic N) is 3. The Morgan fingerprint density at radius 1 is 1.03 bits per heavy atom. The molecule has 3 amide bonds. The number of carbonyl (C=O) groups excluding carboxylic acids is 3. The Hall–Kier alpha value is -5.46. The monoisotopic (exact) mass is 530 g/mol. The minimum atomic E-state index is -1.04. The zero-order valence-corrected chi connectivity index (χ0v) is 20.5. The van der Waals surface area contributed by atoms with Gasteiger partial charge in [-0.05, 0) is 47.9 Å². The number of aromatic carboxylic acids is 1. The van der Waals surface area contributed by atoms with E-state index in [1.807, 2.05) is 0 Å². The summed E-state index contributed by atoms with van der Waals surface area (Å²) in [5.74, 6) is -2.39. The number of carboxylic acid groups (broad SMARTS) is 1. The summed E-state index contributed by atoms with van der Waals surface area (Å²) in [5, 5.41) is 27.2. The number of aromatic nitrogens is 3. The number of nitrogens with one attached hydrogen (secondary N) is 3. The summed E-state index contributed by atoms with van der Waals surface area (Å²) in [6.45, 7) is 1.79. The van der Waals surface area contributed by atoms with Gasteiger partial charge in [0.25, 0.3) is 17.7 Å². The number of benzene rings is 2. The van der Waals surface area contributed by atoms with Crippen LogP contribution in [0.4, 0.5) is 5.69 Å². The molecule has 0 unspecified atom stereocenters. The van der Waals surface area contributed by atoms with Crippen molar-refractivity contribution >= 4 is 35.2 Å². The molecule has 5 rings (SSSR count). The molecule has 0 saturated carbocycles. The molecule has 4 aromatic rings. The quantitative estimate of drug-likeness (QED) is 0.237. The van der Waals surface area contributed by atoms with Gasteiger partial charge in [-0.25, -0.2) is 9.78 Å². The van der Waals surface area contributed by atoms with Crippen LogP contribution in [0.2, 0.25) is 0 Å². The van der Waals surface area contributed by atoms with E-state index in [0.717, 1.165) is 0 Å². The van der Waals surface area contributed by atoms with Crippen molar-refractivity contribution in [1.29, 1.82) is 0 Å². The second-order valence-corrected chi connectivity index (χ2v) is 8.78. The first kappa shape index (κ1) is 25.2. The Kier molecular flexibility index (Phi) is 6.54. The highest BCUT2D eigenvalue weighted by Crippen LogP contribution is 2.28. The SMILES string of the molecule is Cc1cc(CNC(=O)c2cc(C(=O)NCc3ccc4c(c3)NC(=O)CO4)nc3nc(O)cn23)ccc1C(=O)O. The van der Waals surface area contributed by atoms with Crippen molar-refractivity contribution < 1.29 is 34.1 Å². The number of carbonyl (C=O) groups is 4. The highest BCUT2D eigenvalue weighted by atomic mass is 16.5. The van der Waals surface area contributed by atoms with Gasteiger partial charge in [0.15, 0.2) is 6.61 Å². The summed E-state index contributed by atoms with van der Waals surface area (Å²) < 4.78 is 6.59. The van der Waals surface area contributed by atoms with E-state index < -0.39 is 17.8 Å². The van der Waals surface area contributed by atoms with Crippen LogP contribution in [0.25, 0.3) is 5.78 Å². The van der Waals surface area contributed by atoms with Gasteiger partial charge in [-0.15, -0.1) is 0 Å². The summed E-state index contributed by atoms with van der Waals surface area (Å²) in [4.78, 5) is 56.8. The highest BCUT2D eigenvalue weighted by molar-refractivity contribution is 5.98. The summed E-state index contributed by atoms with van der Waals surface area (Å²) in [6.07, 6.45) is 1.20. The number of imidazole rings is 1. The molecule has 39 heavy (non-hydrogen) atoms. The van der Waals surface area contributed by atoms with Crippen LogP contribution >= 0.6 is 0 Å². The molecule has 2 aromatic heterocycles. The Morgan fingerprint density at radius 2 is 1.74 bits per heavy atom. The fraction of sp³-hybridized carbons (Fsp3) is 0.154. The lowest BCUT2D eigenvalue weighted by Gasteiger charge is -2.18. The van der Waals surface area contributed by atoms with Crippen molar-refractivity contribution in [3.05, 3.63) is 82.3 Å². The fourth-order valence-electron chi connectivity index (χ4n) is 4.11. The maximum atomic E-state index is 13.1. The molecular weight excluding hydrogens is 508 g/mol. The summed E-state index contributed by atoms with van der Waals surface area (Å²) in [6, 6.07) is 11.1. The van der Waals surface area contributed by atoms with Gasteiger partial charge in [-0.1, -0.05) is 18.2 Å². The van der Waals surface area contributed by atoms with Crippen LogP contribution in [-0.4, -0.2) is 54.9 Å². The third kappa shape index (κ3) is 5.32. The first-order valence-corrected chi connectivity index (χ1v) is 11.7. The van der Waals surface area contributed by atoms with Gasteiger partial charge in [-0.3, -0.25) is 18.8 Å². The number of carboxylic acids is 1. The highest BCUT2D eigenvalue weighted by Gasteiger charge is 2.20. The van der Waals surface area contributed by atoms with E-state index in [1.54, 1.807) is 37.3 Å². The molecule has 198 valence electrons. The number of hydrogen-bond donors (Lipinski definition) is 5. The molecular formula is C26H22N6O7. The van der Waals surface area contributed by atoms with Crippen LogP contribution in [0.3, 0.4) is 0 Å². The third-order valence-electron chi connectivity index (χ3n) is 6.00. The average Bonchev–Trinajstić information content (AvgIpc) is 3.29. The first-order valence-electron chi connectivity index (χ1n) is 11.7. The second-order valence-electron chi connectivity index (χ2n) is 8.78. The van der Waals surface area contributed by atoms with Gasteiger partial charge >= 0.3 is 5.97 Å². The van der Waals surface area contributed by atoms with E-state index in [4.69, 9.17) is 4.74 Å². The maximum absolute atomic E-state index is 13.1. The van der Waals surface area contributed by atoms with E-state index >= 15 is 0 Å². The molecule has 13 nitrogen and oxygen atoms in total. The van der Waals surface area contributed by atoms with Gasteiger partial charge in [0, 0.05) is 13.1 Å². The minimum Gasteiger partial charge on any atom is -0.492 e. The van der Waals surface area contributed by atoms with E-state index in [9.17, 15) is 29.4 Å². The number of fused-ring (bicyclic) bond motifs is 2. The summed E-state index contributed by atoms with van der Waals surface area (Å²) >= 11 is 0. The van der Waals surface area contributed by atoms with E-state index in [0.29, 0.717) is 28.1 Å².